The molecule has 2 rings (SSSR count). The average Bonchev–Trinajstić information content (AvgIpc) is 2.41. The summed E-state index contributed by atoms with van der Waals surface area (Å²) in [7, 11) is 0. The Bertz CT molecular complexity index is 584. The molecular formula is C15H13ClO2S. The summed E-state index contributed by atoms with van der Waals surface area (Å²) in [5.41, 5.74) is 1.35. The van der Waals surface area contributed by atoms with Gasteiger partial charge in [0, 0.05) is 10.1 Å². The molecule has 2 nitrogen and oxygen atoms in total. The monoisotopic (exact) mass is 292 g/mol. The van der Waals surface area contributed by atoms with Crippen LogP contribution in [0.25, 0.3) is 0 Å². The van der Waals surface area contributed by atoms with Crippen molar-refractivity contribution in [3.8, 4) is 0 Å². The fourth-order valence-electron chi connectivity index (χ4n) is 1.74. The van der Waals surface area contributed by atoms with Crippen LogP contribution in [-0.2, 0) is 0 Å². The molecule has 1 unspecified atom stereocenters. The lowest BCUT2D eigenvalue weighted by Gasteiger charge is -2.12. The molecule has 19 heavy (non-hydrogen) atoms. The van der Waals surface area contributed by atoms with Crippen LogP contribution in [0.2, 0.25) is 5.02 Å². The van der Waals surface area contributed by atoms with Crippen molar-refractivity contribution in [1.29, 1.82) is 0 Å². The molecule has 0 radical (unpaired) electrons. The maximum Gasteiger partial charge on any atom is 0.337 e. The molecule has 2 aromatic carbocycles. The van der Waals surface area contributed by atoms with Crippen molar-refractivity contribution in [3.63, 3.8) is 0 Å². The standard InChI is InChI=1S/C15H13ClO2S/c1-10(11-5-3-2-4-6-11)19-12-7-8-14(16)13(9-12)15(17)18/h2-10H,1H3,(H,17,18). The summed E-state index contributed by atoms with van der Waals surface area (Å²) in [6.07, 6.45) is 0. The zero-order chi connectivity index (χ0) is 13.8. The highest BCUT2D eigenvalue weighted by Crippen LogP contribution is 2.36. The molecule has 0 saturated carbocycles. The fraction of sp³-hybridized carbons (Fsp3) is 0.133. The first-order valence-electron chi connectivity index (χ1n) is 5.82. The lowest BCUT2D eigenvalue weighted by atomic mass is 10.2. The minimum Gasteiger partial charge on any atom is -0.478 e. The molecule has 0 aliphatic rings. The summed E-state index contributed by atoms with van der Waals surface area (Å²) in [5, 5.41) is 9.57. The van der Waals surface area contributed by atoms with Crippen molar-refractivity contribution < 1.29 is 9.90 Å². The highest BCUT2D eigenvalue weighted by atomic mass is 35.5. The van der Waals surface area contributed by atoms with Crippen LogP contribution in [0.4, 0.5) is 0 Å². The first kappa shape index (κ1) is 14.0. The van der Waals surface area contributed by atoms with E-state index in [0.717, 1.165) is 4.90 Å². The summed E-state index contributed by atoms with van der Waals surface area (Å²) in [5.74, 6) is -1.00. The number of thioether (sulfide) groups is 1. The number of carbonyl (C=O) groups is 1. The third-order valence-corrected chi connectivity index (χ3v) is 4.23. The predicted octanol–water partition coefficient (Wildman–Crippen LogP) is 4.89. The second-order valence-corrected chi connectivity index (χ2v) is 5.94. The van der Waals surface area contributed by atoms with E-state index in [0.29, 0.717) is 0 Å². The summed E-state index contributed by atoms with van der Waals surface area (Å²) >= 11 is 7.47. The predicted molar refractivity (Wildman–Crippen MR) is 79.1 cm³/mol. The first-order chi connectivity index (χ1) is 9.08. The molecule has 0 amide bonds. The minimum atomic E-state index is -1.00. The quantitative estimate of drug-likeness (QED) is 0.815. The molecule has 1 atom stereocenters. The van der Waals surface area contributed by atoms with Crippen LogP contribution in [-0.4, -0.2) is 11.1 Å². The van der Waals surface area contributed by atoms with Gasteiger partial charge in [-0.05, 0) is 30.7 Å². The van der Waals surface area contributed by atoms with Crippen molar-refractivity contribution in [3.05, 3.63) is 64.7 Å². The summed E-state index contributed by atoms with van der Waals surface area (Å²) in [4.78, 5) is 11.9. The second-order valence-electron chi connectivity index (χ2n) is 4.12. The van der Waals surface area contributed by atoms with Gasteiger partial charge in [0.25, 0.3) is 0 Å². The van der Waals surface area contributed by atoms with Crippen molar-refractivity contribution in [1.82, 2.24) is 0 Å². The van der Waals surface area contributed by atoms with E-state index in [1.165, 1.54) is 5.56 Å². The van der Waals surface area contributed by atoms with Crippen molar-refractivity contribution in [2.75, 3.05) is 0 Å². The molecule has 0 saturated heterocycles. The molecule has 2 aromatic rings. The van der Waals surface area contributed by atoms with Crippen molar-refractivity contribution in [2.24, 2.45) is 0 Å². The Kier molecular flexibility index (Phi) is 4.51. The maximum absolute atomic E-state index is 11.0. The minimum absolute atomic E-state index is 0.145. The smallest absolute Gasteiger partial charge is 0.337 e. The van der Waals surface area contributed by atoms with E-state index < -0.39 is 5.97 Å². The van der Waals surface area contributed by atoms with Gasteiger partial charge in [0.2, 0.25) is 0 Å². The molecule has 0 fully saturated rings. The zero-order valence-corrected chi connectivity index (χ0v) is 11.9. The molecule has 1 N–H and O–H groups in total. The molecule has 0 aromatic heterocycles. The summed E-state index contributed by atoms with van der Waals surface area (Å²) < 4.78 is 0. The molecule has 4 heteroatoms. The first-order valence-corrected chi connectivity index (χ1v) is 7.08. The van der Waals surface area contributed by atoms with Gasteiger partial charge < -0.3 is 5.11 Å². The Morgan fingerprint density at radius 2 is 1.89 bits per heavy atom. The Morgan fingerprint density at radius 1 is 1.21 bits per heavy atom. The Balaban J connectivity index is 2.20. The van der Waals surface area contributed by atoms with E-state index in [9.17, 15) is 4.79 Å². The van der Waals surface area contributed by atoms with E-state index in [1.807, 2.05) is 24.3 Å². The number of halogens is 1. The number of carboxylic acids is 1. The Hall–Kier alpha value is -1.45. The van der Waals surface area contributed by atoms with E-state index in [1.54, 1.807) is 23.9 Å². The van der Waals surface area contributed by atoms with Crippen LogP contribution >= 0.6 is 23.4 Å². The number of aromatic carboxylic acids is 1. The van der Waals surface area contributed by atoms with Gasteiger partial charge in [0.05, 0.1) is 10.6 Å². The number of hydrogen-bond acceptors (Lipinski definition) is 2. The number of carboxylic acid groups (broad SMARTS) is 1. The van der Waals surface area contributed by atoms with Gasteiger partial charge in [-0.3, -0.25) is 0 Å². The Morgan fingerprint density at radius 3 is 2.53 bits per heavy atom. The average molecular weight is 293 g/mol. The summed E-state index contributed by atoms with van der Waals surface area (Å²) in [6.45, 7) is 2.09. The van der Waals surface area contributed by atoms with Crippen molar-refractivity contribution in [2.45, 2.75) is 17.1 Å². The van der Waals surface area contributed by atoms with Gasteiger partial charge in [0.1, 0.15) is 0 Å². The lowest BCUT2D eigenvalue weighted by molar-refractivity contribution is 0.0697. The number of hydrogen-bond donors (Lipinski definition) is 1. The van der Waals surface area contributed by atoms with Crippen LogP contribution in [0.3, 0.4) is 0 Å². The van der Waals surface area contributed by atoms with Crippen LogP contribution < -0.4 is 0 Å². The van der Waals surface area contributed by atoms with E-state index >= 15 is 0 Å². The van der Waals surface area contributed by atoms with E-state index in [2.05, 4.69) is 19.1 Å². The van der Waals surface area contributed by atoms with E-state index in [-0.39, 0.29) is 15.8 Å². The normalized spacial score (nSPS) is 12.1. The molecule has 0 spiro atoms. The molecule has 0 aliphatic carbocycles. The molecule has 0 aliphatic heterocycles. The topological polar surface area (TPSA) is 37.3 Å². The third-order valence-electron chi connectivity index (χ3n) is 2.75. The van der Waals surface area contributed by atoms with Gasteiger partial charge >= 0.3 is 5.97 Å². The lowest BCUT2D eigenvalue weighted by Crippen LogP contribution is -1.97. The highest BCUT2D eigenvalue weighted by molar-refractivity contribution is 7.99. The van der Waals surface area contributed by atoms with Gasteiger partial charge in [-0.25, -0.2) is 4.79 Å². The van der Waals surface area contributed by atoms with Crippen LogP contribution in [0, 0.1) is 0 Å². The fourth-order valence-corrected chi connectivity index (χ4v) is 2.97. The van der Waals surface area contributed by atoms with Crippen molar-refractivity contribution >= 4 is 29.3 Å². The van der Waals surface area contributed by atoms with Crippen LogP contribution in [0.15, 0.2) is 53.4 Å². The molecule has 0 heterocycles. The largest absolute Gasteiger partial charge is 0.478 e. The number of rotatable bonds is 4. The highest BCUT2D eigenvalue weighted by Gasteiger charge is 2.12. The SMILES string of the molecule is CC(Sc1ccc(Cl)c(C(=O)O)c1)c1ccccc1. The van der Waals surface area contributed by atoms with Crippen LogP contribution in [0.5, 0.6) is 0 Å². The number of benzene rings is 2. The molecular weight excluding hydrogens is 280 g/mol. The van der Waals surface area contributed by atoms with Gasteiger partial charge in [0.15, 0.2) is 0 Å². The Labute approximate surface area is 121 Å². The zero-order valence-electron chi connectivity index (χ0n) is 10.3. The summed E-state index contributed by atoms with van der Waals surface area (Å²) in [6, 6.07) is 15.2. The second kappa shape index (κ2) is 6.13. The van der Waals surface area contributed by atoms with Crippen LogP contribution in [0.1, 0.15) is 28.1 Å². The third kappa shape index (κ3) is 3.52. The molecule has 98 valence electrons. The van der Waals surface area contributed by atoms with Gasteiger partial charge in [-0.1, -0.05) is 41.9 Å². The molecule has 0 bridgehead atoms. The van der Waals surface area contributed by atoms with Gasteiger partial charge in [-0.2, -0.15) is 0 Å². The maximum atomic E-state index is 11.0. The van der Waals surface area contributed by atoms with Gasteiger partial charge in [-0.15, -0.1) is 11.8 Å². The van der Waals surface area contributed by atoms with E-state index in [4.69, 9.17) is 16.7 Å².